The van der Waals surface area contributed by atoms with Gasteiger partial charge < -0.3 is 9.30 Å². The van der Waals surface area contributed by atoms with E-state index >= 15 is 0 Å². The zero-order chi connectivity index (χ0) is 20.3. The third kappa shape index (κ3) is 3.60. The third-order valence-corrected chi connectivity index (χ3v) is 6.37. The van der Waals surface area contributed by atoms with Crippen molar-refractivity contribution in [1.82, 2.24) is 4.57 Å². The summed E-state index contributed by atoms with van der Waals surface area (Å²) in [5, 5.41) is 3.38. The molecule has 3 aromatic carbocycles. The number of para-hydroxylation sites is 1. The van der Waals surface area contributed by atoms with Crippen molar-refractivity contribution in [1.29, 1.82) is 0 Å². The van der Waals surface area contributed by atoms with Gasteiger partial charge in [-0.15, -0.1) is 0 Å². The van der Waals surface area contributed by atoms with Crippen LogP contribution in [0, 0.1) is 5.92 Å². The largest absolute Gasteiger partial charge is 0.491 e. The van der Waals surface area contributed by atoms with Crippen LogP contribution in [-0.2, 0) is 6.54 Å². The Balaban J connectivity index is 1.37. The van der Waals surface area contributed by atoms with Crippen molar-refractivity contribution in [2.45, 2.75) is 38.6 Å². The van der Waals surface area contributed by atoms with Gasteiger partial charge in [0.05, 0.1) is 6.54 Å². The Morgan fingerprint density at radius 2 is 1.60 bits per heavy atom. The number of aromatic nitrogens is 1. The fraction of sp³-hybridized carbons (Fsp3) is 0.296. The number of hydrogen-bond acceptors (Lipinski definition) is 2. The number of ketones is 1. The van der Waals surface area contributed by atoms with E-state index in [1.54, 1.807) is 0 Å². The van der Waals surface area contributed by atoms with Crippen molar-refractivity contribution in [3.63, 3.8) is 0 Å². The van der Waals surface area contributed by atoms with Crippen LogP contribution in [-0.4, -0.2) is 17.0 Å². The minimum absolute atomic E-state index is 0.185. The smallest absolute Gasteiger partial charge is 0.168 e. The fourth-order valence-electron chi connectivity index (χ4n) is 4.79. The number of benzene rings is 3. The molecule has 1 fully saturated rings. The lowest BCUT2D eigenvalue weighted by Crippen LogP contribution is -2.17. The van der Waals surface area contributed by atoms with E-state index in [1.165, 1.54) is 24.6 Å². The van der Waals surface area contributed by atoms with E-state index in [2.05, 4.69) is 34.9 Å². The first-order valence-corrected chi connectivity index (χ1v) is 11.0. The zero-order valence-corrected chi connectivity index (χ0v) is 17.2. The van der Waals surface area contributed by atoms with Gasteiger partial charge in [0.2, 0.25) is 0 Å². The van der Waals surface area contributed by atoms with Gasteiger partial charge in [0.25, 0.3) is 0 Å². The molecular formula is C27H27NO2. The van der Waals surface area contributed by atoms with Crippen LogP contribution < -0.4 is 4.74 Å². The summed E-state index contributed by atoms with van der Waals surface area (Å²) in [6.45, 7) is 1.27. The average molecular weight is 398 g/mol. The molecule has 4 aromatic rings. The van der Waals surface area contributed by atoms with E-state index in [1.807, 2.05) is 42.6 Å². The molecule has 0 N–H and O–H groups in total. The first-order chi connectivity index (χ1) is 14.8. The van der Waals surface area contributed by atoms with Crippen LogP contribution in [0.15, 0.2) is 72.9 Å². The lowest BCUT2D eigenvalue weighted by atomic mass is 9.84. The molecule has 1 aromatic heterocycles. The van der Waals surface area contributed by atoms with E-state index in [4.69, 9.17) is 4.74 Å². The van der Waals surface area contributed by atoms with Crippen LogP contribution in [0.3, 0.4) is 0 Å². The Bertz CT molecular complexity index is 1180. The molecule has 0 saturated heterocycles. The van der Waals surface area contributed by atoms with Gasteiger partial charge in [-0.3, -0.25) is 4.79 Å². The lowest BCUT2D eigenvalue weighted by molar-refractivity contribution is 0.0891. The van der Waals surface area contributed by atoms with Gasteiger partial charge >= 0.3 is 0 Å². The minimum atomic E-state index is 0.185. The number of rotatable bonds is 6. The van der Waals surface area contributed by atoms with Crippen LogP contribution in [0.4, 0.5) is 0 Å². The predicted octanol–water partition coefficient (Wildman–Crippen LogP) is 6.64. The minimum Gasteiger partial charge on any atom is -0.491 e. The number of carbonyl (C=O) groups is 1. The van der Waals surface area contributed by atoms with Crippen molar-refractivity contribution in [2.24, 2.45) is 5.92 Å². The molecule has 152 valence electrons. The number of fused-ring (bicyclic) bond motifs is 2. The first-order valence-electron chi connectivity index (χ1n) is 11.0. The molecule has 0 bridgehead atoms. The molecule has 1 aliphatic carbocycles. The molecule has 5 rings (SSSR count). The summed E-state index contributed by atoms with van der Waals surface area (Å²) in [5.41, 5.74) is 1.99. The standard InChI is InChI=1S/C27H27NO2/c29-27(21-10-2-1-3-11-21)24-19-28(25-15-7-6-14-23(24)25)17-18-30-26-16-8-12-20-9-4-5-13-22(20)26/h4-9,12-16,19,21H,1-3,10-11,17-18H2. The van der Waals surface area contributed by atoms with Crippen molar-refractivity contribution < 1.29 is 9.53 Å². The quantitative estimate of drug-likeness (QED) is 0.342. The predicted molar refractivity (Wildman–Crippen MR) is 122 cm³/mol. The summed E-state index contributed by atoms with van der Waals surface area (Å²) < 4.78 is 8.33. The van der Waals surface area contributed by atoms with Gasteiger partial charge in [0.15, 0.2) is 5.78 Å². The Hall–Kier alpha value is -3.07. The molecule has 1 saturated carbocycles. The van der Waals surface area contributed by atoms with Gasteiger partial charge in [-0.2, -0.15) is 0 Å². The van der Waals surface area contributed by atoms with Crippen molar-refractivity contribution in [3.8, 4) is 5.75 Å². The highest BCUT2D eigenvalue weighted by molar-refractivity contribution is 6.09. The normalized spacial score (nSPS) is 14.9. The number of hydrogen-bond donors (Lipinski definition) is 0. The third-order valence-electron chi connectivity index (χ3n) is 6.37. The fourth-order valence-corrected chi connectivity index (χ4v) is 4.79. The maximum atomic E-state index is 13.2. The highest BCUT2D eigenvalue weighted by atomic mass is 16.5. The van der Waals surface area contributed by atoms with E-state index in [0.717, 1.165) is 40.4 Å². The van der Waals surface area contributed by atoms with Crippen molar-refractivity contribution in [3.05, 3.63) is 78.5 Å². The van der Waals surface area contributed by atoms with Gasteiger partial charge in [-0.25, -0.2) is 0 Å². The van der Waals surface area contributed by atoms with Gasteiger partial charge in [-0.05, 0) is 30.4 Å². The second-order valence-electron chi connectivity index (χ2n) is 8.28. The second-order valence-corrected chi connectivity index (χ2v) is 8.28. The Labute approximate surface area is 177 Å². The summed E-state index contributed by atoms with van der Waals surface area (Å²) in [6, 6.07) is 22.7. The molecule has 0 unspecified atom stereocenters. The van der Waals surface area contributed by atoms with E-state index in [-0.39, 0.29) is 5.92 Å². The maximum Gasteiger partial charge on any atom is 0.168 e. The zero-order valence-electron chi connectivity index (χ0n) is 17.2. The van der Waals surface area contributed by atoms with Crippen LogP contribution in [0.1, 0.15) is 42.5 Å². The molecule has 3 heteroatoms. The molecule has 30 heavy (non-hydrogen) atoms. The van der Waals surface area contributed by atoms with E-state index < -0.39 is 0 Å². The van der Waals surface area contributed by atoms with Crippen LogP contribution in [0.2, 0.25) is 0 Å². The Morgan fingerprint density at radius 1 is 0.867 bits per heavy atom. The topological polar surface area (TPSA) is 31.2 Å². The number of ether oxygens (including phenoxy) is 1. The average Bonchev–Trinajstić information content (AvgIpc) is 3.18. The highest BCUT2D eigenvalue weighted by Crippen LogP contribution is 2.31. The molecule has 0 radical (unpaired) electrons. The monoisotopic (exact) mass is 397 g/mol. The van der Waals surface area contributed by atoms with E-state index in [0.29, 0.717) is 18.9 Å². The van der Waals surface area contributed by atoms with Gasteiger partial charge in [0.1, 0.15) is 12.4 Å². The molecule has 0 amide bonds. The van der Waals surface area contributed by atoms with Crippen molar-refractivity contribution in [2.75, 3.05) is 6.61 Å². The van der Waals surface area contributed by atoms with Crippen LogP contribution in [0.25, 0.3) is 21.7 Å². The molecule has 0 atom stereocenters. The van der Waals surface area contributed by atoms with Gasteiger partial charge in [0, 0.05) is 34.0 Å². The molecule has 1 aliphatic rings. The van der Waals surface area contributed by atoms with Crippen LogP contribution >= 0.6 is 0 Å². The summed E-state index contributed by atoms with van der Waals surface area (Å²) in [7, 11) is 0. The number of carbonyl (C=O) groups excluding carboxylic acids is 1. The Kier molecular flexibility index (Phi) is 5.27. The van der Waals surface area contributed by atoms with E-state index in [9.17, 15) is 4.79 Å². The number of nitrogens with zero attached hydrogens (tertiary/aromatic N) is 1. The summed E-state index contributed by atoms with van der Waals surface area (Å²) in [4.78, 5) is 13.2. The SMILES string of the molecule is O=C(c1cn(CCOc2cccc3ccccc23)c2ccccc12)C1CCCCC1. The summed E-state index contributed by atoms with van der Waals surface area (Å²) in [5.74, 6) is 1.41. The first kappa shape index (κ1) is 18.9. The van der Waals surface area contributed by atoms with Crippen LogP contribution in [0.5, 0.6) is 5.75 Å². The highest BCUT2D eigenvalue weighted by Gasteiger charge is 2.25. The van der Waals surface area contributed by atoms with Crippen molar-refractivity contribution >= 4 is 27.5 Å². The molecule has 1 heterocycles. The second kappa shape index (κ2) is 8.35. The summed E-state index contributed by atoms with van der Waals surface area (Å²) >= 11 is 0. The molecule has 0 aliphatic heterocycles. The number of Topliss-reactive ketones (excluding diaryl/α,β-unsaturated/α-hetero) is 1. The van der Waals surface area contributed by atoms with Gasteiger partial charge in [-0.1, -0.05) is 73.9 Å². The molecule has 3 nitrogen and oxygen atoms in total. The Morgan fingerprint density at radius 3 is 2.47 bits per heavy atom. The summed E-state index contributed by atoms with van der Waals surface area (Å²) in [6.07, 6.45) is 7.72. The molecular weight excluding hydrogens is 370 g/mol. The lowest BCUT2D eigenvalue weighted by Gasteiger charge is -2.19. The molecule has 0 spiro atoms. The maximum absolute atomic E-state index is 13.2.